The molecule has 0 aliphatic carbocycles. The second-order valence-corrected chi connectivity index (χ2v) is 9.29. The predicted octanol–water partition coefficient (Wildman–Crippen LogP) is 8.79. The van der Waals surface area contributed by atoms with Crippen molar-refractivity contribution in [1.82, 2.24) is 4.57 Å². The van der Waals surface area contributed by atoms with Gasteiger partial charge in [0.2, 0.25) is 0 Å². The van der Waals surface area contributed by atoms with E-state index in [1.165, 1.54) is 27.8 Å². The summed E-state index contributed by atoms with van der Waals surface area (Å²) in [5, 5.41) is 14.9. The number of allylic oxidation sites excluding steroid dienone is 5. The quantitative estimate of drug-likeness (QED) is 0.178. The molecule has 0 atom stereocenters. The molecular formula is C35H27N3. The number of fused-ring (bicyclic) bond motifs is 6. The molecule has 0 aliphatic rings. The molecule has 3 heteroatoms. The van der Waals surface area contributed by atoms with Crippen LogP contribution in [0.4, 0.5) is 0 Å². The summed E-state index contributed by atoms with van der Waals surface area (Å²) in [6, 6.07) is 32.3. The van der Waals surface area contributed by atoms with Crippen molar-refractivity contribution in [2.24, 2.45) is 5.73 Å². The van der Waals surface area contributed by atoms with Crippen LogP contribution in [0.15, 0.2) is 129 Å². The Labute approximate surface area is 221 Å². The van der Waals surface area contributed by atoms with Gasteiger partial charge in [-0.2, -0.15) is 0 Å². The van der Waals surface area contributed by atoms with Crippen LogP contribution < -0.4 is 5.73 Å². The SMILES string of the molecule is C=C/C=C(\C=N)c1ccc2c(ccc3c4ccc(/C(C=C)=C/N)cc4n(-c4cccc5ccccc45)c23)c1. The van der Waals surface area contributed by atoms with Crippen LogP contribution in [0.2, 0.25) is 0 Å². The molecule has 6 rings (SSSR count). The lowest BCUT2D eigenvalue weighted by Crippen LogP contribution is -1.97. The lowest BCUT2D eigenvalue weighted by Gasteiger charge is -2.14. The number of aromatic nitrogens is 1. The van der Waals surface area contributed by atoms with E-state index < -0.39 is 0 Å². The maximum absolute atomic E-state index is 7.86. The van der Waals surface area contributed by atoms with Crippen LogP contribution in [-0.4, -0.2) is 10.8 Å². The minimum absolute atomic E-state index is 0.826. The number of nitrogens with two attached hydrogens (primary N) is 1. The molecule has 1 heterocycles. The first-order valence-electron chi connectivity index (χ1n) is 12.6. The van der Waals surface area contributed by atoms with Gasteiger partial charge in [-0.3, -0.25) is 0 Å². The van der Waals surface area contributed by atoms with Crippen molar-refractivity contribution in [3.63, 3.8) is 0 Å². The summed E-state index contributed by atoms with van der Waals surface area (Å²) in [5.74, 6) is 0. The van der Waals surface area contributed by atoms with Gasteiger partial charge in [0, 0.05) is 34.0 Å². The van der Waals surface area contributed by atoms with Crippen LogP contribution in [0.3, 0.4) is 0 Å². The van der Waals surface area contributed by atoms with Crippen LogP contribution >= 0.6 is 0 Å². The van der Waals surface area contributed by atoms with E-state index >= 15 is 0 Å². The maximum Gasteiger partial charge on any atom is 0.0619 e. The molecule has 0 radical (unpaired) electrons. The molecule has 5 aromatic carbocycles. The number of hydrogen-bond acceptors (Lipinski definition) is 2. The van der Waals surface area contributed by atoms with Crippen LogP contribution in [0.5, 0.6) is 0 Å². The maximum atomic E-state index is 7.86. The Morgan fingerprint density at radius 2 is 1.45 bits per heavy atom. The van der Waals surface area contributed by atoms with Crippen molar-refractivity contribution in [3.8, 4) is 5.69 Å². The third-order valence-corrected chi connectivity index (χ3v) is 7.27. The van der Waals surface area contributed by atoms with E-state index in [9.17, 15) is 0 Å². The first-order chi connectivity index (χ1) is 18.7. The number of nitrogens with one attached hydrogen (secondary N) is 1. The second-order valence-electron chi connectivity index (χ2n) is 9.29. The normalized spacial score (nSPS) is 12.4. The molecule has 0 amide bonds. The molecule has 3 nitrogen and oxygen atoms in total. The van der Waals surface area contributed by atoms with E-state index in [4.69, 9.17) is 11.1 Å². The molecule has 0 fully saturated rings. The highest BCUT2D eigenvalue weighted by molar-refractivity contribution is 6.20. The average Bonchev–Trinajstić information content (AvgIpc) is 3.30. The highest BCUT2D eigenvalue weighted by Crippen LogP contribution is 2.39. The molecule has 0 bridgehead atoms. The van der Waals surface area contributed by atoms with Crippen molar-refractivity contribution in [2.45, 2.75) is 0 Å². The first-order valence-corrected chi connectivity index (χ1v) is 12.6. The summed E-state index contributed by atoms with van der Waals surface area (Å²) in [5.41, 5.74) is 13.1. The van der Waals surface area contributed by atoms with Gasteiger partial charge in [-0.15, -0.1) is 0 Å². The van der Waals surface area contributed by atoms with Crippen molar-refractivity contribution < 1.29 is 0 Å². The van der Waals surface area contributed by atoms with E-state index in [-0.39, 0.29) is 0 Å². The van der Waals surface area contributed by atoms with Gasteiger partial charge in [-0.05, 0) is 51.2 Å². The van der Waals surface area contributed by atoms with Crippen LogP contribution in [0, 0.1) is 5.41 Å². The molecule has 6 aromatic rings. The van der Waals surface area contributed by atoms with Crippen LogP contribution in [-0.2, 0) is 0 Å². The summed E-state index contributed by atoms with van der Waals surface area (Å²) in [6.07, 6.45) is 8.35. The Morgan fingerprint density at radius 1 is 0.711 bits per heavy atom. The number of hydrogen-bond donors (Lipinski definition) is 2. The average molecular weight is 490 g/mol. The van der Waals surface area contributed by atoms with E-state index in [2.05, 4.69) is 109 Å². The Morgan fingerprint density at radius 3 is 2.21 bits per heavy atom. The van der Waals surface area contributed by atoms with Crippen LogP contribution in [0.1, 0.15) is 11.1 Å². The fourth-order valence-electron chi connectivity index (χ4n) is 5.49. The summed E-state index contributed by atoms with van der Waals surface area (Å²) in [4.78, 5) is 0. The van der Waals surface area contributed by atoms with Gasteiger partial charge in [0.25, 0.3) is 0 Å². The summed E-state index contributed by atoms with van der Waals surface area (Å²) >= 11 is 0. The largest absolute Gasteiger partial charge is 0.404 e. The fraction of sp³-hybridized carbons (Fsp3) is 0. The van der Waals surface area contributed by atoms with Gasteiger partial charge in [0.05, 0.1) is 16.7 Å². The molecule has 3 N–H and O–H groups in total. The van der Waals surface area contributed by atoms with Gasteiger partial charge < -0.3 is 15.7 Å². The van der Waals surface area contributed by atoms with Gasteiger partial charge in [-0.1, -0.05) is 104 Å². The van der Waals surface area contributed by atoms with Crippen LogP contribution in [0.25, 0.3) is 60.2 Å². The zero-order valence-corrected chi connectivity index (χ0v) is 21.0. The number of rotatable bonds is 6. The molecular weight excluding hydrogens is 462 g/mol. The molecule has 0 saturated heterocycles. The van der Waals surface area contributed by atoms with Gasteiger partial charge in [-0.25, -0.2) is 0 Å². The monoisotopic (exact) mass is 489 g/mol. The topological polar surface area (TPSA) is 54.8 Å². The Bertz CT molecular complexity index is 1980. The molecule has 38 heavy (non-hydrogen) atoms. The lowest BCUT2D eigenvalue weighted by molar-refractivity contribution is 1.20. The number of benzene rings is 5. The summed E-state index contributed by atoms with van der Waals surface area (Å²) < 4.78 is 2.38. The number of nitrogens with zero attached hydrogens (tertiary/aromatic N) is 1. The predicted molar refractivity (Wildman–Crippen MR) is 165 cm³/mol. The minimum atomic E-state index is 0.826. The summed E-state index contributed by atoms with van der Waals surface area (Å²) in [6.45, 7) is 7.76. The van der Waals surface area contributed by atoms with Gasteiger partial charge in [0.1, 0.15) is 0 Å². The molecule has 0 saturated carbocycles. The van der Waals surface area contributed by atoms with Gasteiger partial charge in [0.15, 0.2) is 0 Å². The highest BCUT2D eigenvalue weighted by atomic mass is 15.0. The van der Waals surface area contributed by atoms with Crippen molar-refractivity contribution >= 4 is 60.7 Å². The molecule has 182 valence electrons. The first kappa shape index (κ1) is 23.3. The van der Waals surface area contributed by atoms with E-state index in [0.717, 1.165) is 49.8 Å². The Hall–Kier alpha value is -5.15. The minimum Gasteiger partial charge on any atom is -0.404 e. The van der Waals surface area contributed by atoms with E-state index in [1.807, 2.05) is 6.08 Å². The highest BCUT2D eigenvalue weighted by Gasteiger charge is 2.18. The van der Waals surface area contributed by atoms with Crippen molar-refractivity contribution in [2.75, 3.05) is 0 Å². The fourth-order valence-corrected chi connectivity index (χ4v) is 5.49. The van der Waals surface area contributed by atoms with Crippen molar-refractivity contribution in [3.05, 3.63) is 140 Å². The van der Waals surface area contributed by atoms with E-state index in [1.54, 1.807) is 18.4 Å². The molecule has 0 spiro atoms. The van der Waals surface area contributed by atoms with E-state index in [0.29, 0.717) is 0 Å². The summed E-state index contributed by atoms with van der Waals surface area (Å²) in [7, 11) is 0. The Balaban J connectivity index is 1.78. The smallest absolute Gasteiger partial charge is 0.0619 e. The zero-order valence-electron chi connectivity index (χ0n) is 21.0. The third-order valence-electron chi connectivity index (χ3n) is 7.27. The molecule has 1 aromatic heterocycles. The molecule has 0 aliphatic heterocycles. The standard InChI is InChI=1S/C35H27N3/c1-3-8-28(22-37)25-13-16-30-27(19-25)15-18-32-31-17-14-26(23(4-2)21-36)20-34(31)38(35(30)32)33-12-7-10-24-9-5-6-11-29(24)33/h3-22,37H,1-2,36H2/b23-21+,28-8+,37-22?. The zero-order chi connectivity index (χ0) is 26.2. The van der Waals surface area contributed by atoms with Gasteiger partial charge >= 0.3 is 0 Å². The molecule has 0 unspecified atom stereocenters. The Kier molecular flexibility index (Phi) is 5.74. The second kappa shape index (κ2) is 9.38. The lowest BCUT2D eigenvalue weighted by atomic mass is 9.99. The van der Waals surface area contributed by atoms with Crippen molar-refractivity contribution in [1.29, 1.82) is 5.41 Å². The third kappa shape index (κ3) is 3.56.